The molecular weight excluding hydrogens is 203 g/mol. The lowest BCUT2D eigenvalue weighted by molar-refractivity contribution is 0.636. The van der Waals surface area contributed by atoms with Crippen LogP contribution in [0.1, 0.15) is 19.5 Å². The van der Waals surface area contributed by atoms with Crippen molar-refractivity contribution in [1.82, 2.24) is 4.98 Å². The van der Waals surface area contributed by atoms with Crippen molar-refractivity contribution < 1.29 is 4.39 Å². The fraction of sp³-hybridized carbons (Fsp3) is 0.308. The molecule has 1 heterocycles. The van der Waals surface area contributed by atoms with E-state index < -0.39 is 0 Å². The van der Waals surface area contributed by atoms with E-state index in [1.165, 1.54) is 6.07 Å². The highest BCUT2D eigenvalue weighted by atomic mass is 19.1. The van der Waals surface area contributed by atoms with E-state index in [4.69, 9.17) is 0 Å². The van der Waals surface area contributed by atoms with E-state index in [9.17, 15) is 4.39 Å². The van der Waals surface area contributed by atoms with Crippen molar-refractivity contribution in [3.63, 3.8) is 0 Å². The van der Waals surface area contributed by atoms with Crippen LogP contribution >= 0.6 is 0 Å². The van der Waals surface area contributed by atoms with Crippen LogP contribution in [0, 0.1) is 5.82 Å². The van der Waals surface area contributed by atoms with Gasteiger partial charge >= 0.3 is 0 Å². The van der Waals surface area contributed by atoms with Crippen LogP contribution in [0.25, 0.3) is 10.9 Å². The lowest BCUT2D eigenvalue weighted by Gasteiger charge is -2.10. The maximum atomic E-state index is 13.6. The number of fused-ring (bicyclic) bond motifs is 1. The molecule has 0 atom stereocenters. The standard InChI is InChI=1S/C13H15FN2/c1-3-9-8-12(15-4-2)10-6-5-7-11(14)13(10)16-9/h5-8H,3-4H2,1-2H3,(H,15,16). The molecule has 2 aromatic rings. The maximum Gasteiger partial charge on any atom is 0.149 e. The highest BCUT2D eigenvalue weighted by Crippen LogP contribution is 2.25. The zero-order valence-corrected chi connectivity index (χ0v) is 9.55. The van der Waals surface area contributed by atoms with Gasteiger partial charge in [-0.25, -0.2) is 9.37 Å². The summed E-state index contributed by atoms with van der Waals surface area (Å²) in [4.78, 5) is 4.32. The molecule has 2 nitrogen and oxygen atoms in total. The number of hydrogen-bond donors (Lipinski definition) is 1. The van der Waals surface area contributed by atoms with Crippen molar-refractivity contribution in [3.8, 4) is 0 Å². The van der Waals surface area contributed by atoms with Gasteiger partial charge in [0.25, 0.3) is 0 Å². The van der Waals surface area contributed by atoms with E-state index in [2.05, 4.69) is 10.3 Å². The van der Waals surface area contributed by atoms with E-state index in [1.54, 1.807) is 6.07 Å². The number of hydrogen-bond acceptors (Lipinski definition) is 2. The number of halogens is 1. The molecule has 0 spiro atoms. The van der Waals surface area contributed by atoms with Gasteiger partial charge in [-0.3, -0.25) is 0 Å². The molecule has 1 aromatic carbocycles. The van der Waals surface area contributed by atoms with E-state index in [0.717, 1.165) is 29.7 Å². The monoisotopic (exact) mass is 218 g/mol. The predicted molar refractivity (Wildman–Crippen MR) is 65.2 cm³/mol. The molecule has 84 valence electrons. The molecule has 0 bridgehead atoms. The minimum atomic E-state index is -0.257. The Morgan fingerprint density at radius 3 is 2.81 bits per heavy atom. The molecular formula is C13H15FN2. The third kappa shape index (κ3) is 1.85. The van der Waals surface area contributed by atoms with Crippen LogP contribution in [0.15, 0.2) is 24.3 Å². The molecule has 0 unspecified atom stereocenters. The molecule has 0 saturated heterocycles. The van der Waals surface area contributed by atoms with Crippen LogP contribution in [0.3, 0.4) is 0 Å². The smallest absolute Gasteiger partial charge is 0.149 e. The summed E-state index contributed by atoms with van der Waals surface area (Å²) in [5.74, 6) is -0.257. The number of para-hydroxylation sites is 1. The largest absolute Gasteiger partial charge is 0.385 e. The second-order valence-corrected chi connectivity index (χ2v) is 3.68. The zero-order chi connectivity index (χ0) is 11.5. The molecule has 0 aliphatic carbocycles. The summed E-state index contributed by atoms with van der Waals surface area (Å²) in [7, 11) is 0. The van der Waals surface area contributed by atoms with Gasteiger partial charge in [0, 0.05) is 23.3 Å². The quantitative estimate of drug-likeness (QED) is 0.854. The fourth-order valence-corrected chi connectivity index (χ4v) is 1.78. The van der Waals surface area contributed by atoms with Gasteiger partial charge < -0.3 is 5.32 Å². The topological polar surface area (TPSA) is 24.9 Å². The fourth-order valence-electron chi connectivity index (χ4n) is 1.78. The van der Waals surface area contributed by atoms with Crippen molar-refractivity contribution in [1.29, 1.82) is 0 Å². The number of benzene rings is 1. The number of aryl methyl sites for hydroxylation is 1. The second kappa shape index (κ2) is 4.47. The highest BCUT2D eigenvalue weighted by molar-refractivity contribution is 5.91. The first-order chi connectivity index (χ1) is 7.76. The third-order valence-electron chi connectivity index (χ3n) is 2.57. The second-order valence-electron chi connectivity index (χ2n) is 3.68. The molecule has 3 heteroatoms. The Bertz CT molecular complexity index is 509. The van der Waals surface area contributed by atoms with Gasteiger partial charge in [-0.15, -0.1) is 0 Å². The van der Waals surface area contributed by atoms with Crippen molar-refractivity contribution in [2.45, 2.75) is 20.3 Å². The molecule has 2 rings (SSSR count). The summed E-state index contributed by atoms with van der Waals surface area (Å²) < 4.78 is 13.6. The maximum absolute atomic E-state index is 13.6. The number of aromatic nitrogens is 1. The van der Waals surface area contributed by atoms with Gasteiger partial charge in [0.1, 0.15) is 11.3 Å². The number of nitrogens with zero attached hydrogens (tertiary/aromatic N) is 1. The lowest BCUT2D eigenvalue weighted by atomic mass is 10.1. The molecule has 0 aliphatic heterocycles. The summed E-state index contributed by atoms with van der Waals surface area (Å²) in [6.45, 7) is 4.86. The summed E-state index contributed by atoms with van der Waals surface area (Å²) in [5, 5.41) is 4.09. The first-order valence-corrected chi connectivity index (χ1v) is 5.58. The zero-order valence-electron chi connectivity index (χ0n) is 9.55. The first kappa shape index (κ1) is 10.9. The van der Waals surface area contributed by atoms with E-state index in [-0.39, 0.29) is 5.82 Å². The van der Waals surface area contributed by atoms with Gasteiger partial charge in [-0.2, -0.15) is 0 Å². The first-order valence-electron chi connectivity index (χ1n) is 5.58. The number of pyridine rings is 1. The summed E-state index contributed by atoms with van der Waals surface area (Å²) in [5.41, 5.74) is 2.33. The molecule has 0 fully saturated rings. The molecule has 1 aromatic heterocycles. The Kier molecular flexibility index (Phi) is 3.04. The Morgan fingerprint density at radius 2 is 2.12 bits per heavy atom. The minimum Gasteiger partial charge on any atom is -0.385 e. The Balaban J connectivity index is 2.71. The van der Waals surface area contributed by atoms with Crippen LogP contribution in [0.5, 0.6) is 0 Å². The Morgan fingerprint density at radius 1 is 1.31 bits per heavy atom. The van der Waals surface area contributed by atoms with Crippen molar-refractivity contribution in [2.75, 3.05) is 11.9 Å². The van der Waals surface area contributed by atoms with Crippen LogP contribution < -0.4 is 5.32 Å². The average molecular weight is 218 g/mol. The Hall–Kier alpha value is -1.64. The summed E-state index contributed by atoms with van der Waals surface area (Å²) in [6.07, 6.45) is 0.808. The molecule has 0 saturated carbocycles. The van der Waals surface area contributed by atoms with Gasteiger partial charge in [0.05, 0.1) is 0 Å². The third-order valence-corrected chi connectivity index (χ3v) is 2.57. The Labute approximate surface area is 94.5 Å². The van der Waals surface area contributed by atoms with Crippen LogP contribution in [-0.4, -0.2) is 11.5 Å². The molecule has 0 aliphatic rings. The predicted octanol–water partition coefficient (Wildman–Crippen LogP) is 3.37. The van der Waals surface area contributed by atoms with Gasteiger partial charge in [0.2, 0.25) is 0 Å². The lowest BCUT2D eigenvalue weighted by Crippen LogP contribution is -2.01. The summed E-state index contributed by atoms with van der Waals surface area (Å²) in [6, 6.07) is 7.05. The van der Waals surface area contributed by atoms with Gasteiger partial charge in [-0.1, -0.05) is 19.1 Å². The molecule has 0 amide bonds. The molecule has 1 N–H and O–H groups in total. The van der Waals surface area contributed by atoms with Gasteiger partial charge in [0.15, 0.2) is 0 Å². The SMILES string of the molecule is CCNc1cc(CC)nc2c(F)cccc12. The van der Waals surface area contributed by atoms with Crippen LogP contribution in [0.2, 0.25) is 0 Å². The van der Waals surface area contributed by atoms with E-state index in [0.29, 0.717) is 5.52 Å². The van der Waals surface area contributed by atoms with Gasteiger partial charge in [-0.05, 0) is 25.5 Å². The highest BCUT2D eigenvalue weighted by Gasteiger charge is 2.07. The van der Waals surface area contributed by atoms with Crippen LogP contribution in [-0.2, 0) is 6.42 Å². The van der Waals surface area contributed by atoms with E-state index in [1.807, 2.05) is 26.0 Å². The van der Waals surface area contributed by atoms with E-state index >= 15 is 0 Å². The minimum absolute atomic E-state index is 0.257. The number of rotatable bonds is 3. The van der Waals surface area contributed by atoms with Crippen LogP contribution in [0.4, 0.5) is 10.1 Å². The number of anilines is 1. The van der Waals surface area contributed by atoms with Crippen molar-refractivity contribution in [3.05, 3.63) is 35.8 Å². The normalized spacial score (nSPS) is 10.7. The van der Waals surface area contributed by atoms with Crippen molar-refractivity contribution >= 4 is 16.6 Å². The molecule has 0 radical (unpaired) electrons. The number of nitrogens with one attached hydrogen (secondary N) is 1. The van der Waals surface area contributed by atoms with Crippen molar-refractivity contribution in [2.24, 2.45) is 0 Å². The summed E-state index contributed by atoms with van der Waals surface area (Å²) >= 11 is 0. The molecule has 16 heavy (non-hydrogen) atoms. The average Bonchev–Trinajstić information content (AvgIpc) is 2.30.